The molecule has 2 fully saturated rings. The molecule has 2 aromatic heterocycles. The number of pyridine rings is 1. The number of ether oxygens (including phenoxy) is 3. The van der Waals surface area contributed by atoms with Gasteiger partial charge >= 0.3 is 12.6 Å². The molecule has 2 aliphatic rings. The van der Waals surface area contributed by atoms with Gasteiger partial charge in [0.2, 0.25) is 5.88 Å². The van der Waals surface area contributed by atoms with Crippen LogP contribution in [0.2, 0.25) is 0 Å². The summed E-state index contributed by atoms with van der Waals surface area (Å²) in [6, 6.07) is 6.94. The van der Waals surface area contributed by atoms with Gasteiger partial charge in [-0.25, -0.2) is 18.9 Å². The second-order valence-corrected chi connectivity index (χ2v) is 9.17. The first kappa shape index (κ1) is 26.8. The van der Waals surface area contributed by atoms with Crippen LogP contribution in [0.1, 0.15) is 40.9 Å². The Bertz CT molecular complexity index is 1490. The predicted octanol–water partition coefficient (Wildman–Crippen LogP) is 3.65. The number of amides is 2. The highest BCUT2D eigenvalue weighted by Gasteiger charge is 2.39. The van der Waals surface area contributed by atoms with Gasteiger partial charge in [-0.05, 0) is 12.1 Å². The van der Waals surface area contributed by atoms with E-state index in [1.54, 1.807) is 4.90 Å². The molecule has 4 heterocycles. The zero-order chi connectivity index (χ0) is 28.4. The van der Waals surface area contributed by atoms with E-state index in [2.05, 4.69) is 15.4 Å². The first-order valence-electron chi connectivity index (χ1n) is 12.3. The Morgan fingerprint density at radius 2 is 2.17 bits per heavy atom. The third kappa shape index (κ3) is 5.35. The Balaban J connectivity index is 1.44. The van der Waals surface area contributed by atoms with Crippen LogP contribution in [0.15, 0.2) is 36.7 Å². The molecule has 0 saturated carbocycles. The van der Waals surface area contributed by atoms with Crippen LogP contribution < -0.4 is 14.8 Å². The van der Waals surface area contributed by atoms with Crippen molar-refractivity contribution in [3.05, 3.63) is 59.2 Å². The molecule has 2 atom stereocenters. The molecule has 2 saturated heterocycles. The molecule has 40 heavy (non-hydrogen) atoms. The van der Waals surface area contributed by atoms with Gasteiger partial charge in [0.05, 0.1) is 31.0 Å². The Labute approximate surface area is 226 Å². The zero-order valence-corrected chi connectivity index (χ0v) is 21.1. The summed E-state index contributed by atoms with van der Waals surface area (Å²) in [5.41, 5.74) is 0.599. The molecule has 14 heteroatoms. The first-order chi connectivity index (χ1) is 19.3. The van der Waals surface area contributed by atoms with Gasteiger partial charge in [0.15, 0.2) is 0 Å². The van der Waals surface area contributed by atoms with Crippen molar-refractivity contribution in [3.63, 3.8) is 0 Å². The van der Waals surface area contributed by atoms with Gasteiger partial charge in [0, 0.05) is 49.3 Å². The molecule has 3 aromatic rings. The molecule has 0 spiro atoms. The van der Waals surface area contributed by atoms with Gasteiger partial charge in [-0.1, -0.05) is 6.07 Å². The first-order valence-corrected chi connectivity index (χ1v) is 12.3. The third-order valence-electron chi connectivity index (χ3n) is 6.68. The predicted molar refractivity (Wildman–Crippen MR) is 131 cm³/mol. The highest BCUT2D eigenvalue weighted by Crippen LogP contribution is 2.36. The largest absolute Gasteiger partial charge is 0.488 e. The number of carbonyl (C=O) groups is 2. The molecule has 11 nitrogen and oxygen atoms in total. The second-order valence-electron chi connectivity index (χ2n) is 9.17. The van der Waals surface area contributed by atoms with Crippen molar-refractivity contribution in [3.8, 4) is 29.0 Å². The standard InChI is InChI=1S/C26H23F3N6O5/c1-38-24-19(23(36)31-10-15-3-2-14(9-30)6-20(15)27)8-21(22(33-24)16-11-32-35(12-16)25(28)29)40-18-4-5-34-17(7-18)13-39-26(34)37/h2-3,6,8,11-12,17-18,25H,4-5,7,10,13H2,1H3,(H,31,36)/t17-,18-/m0/s1. The van der Waals surface area contributed by atoms with Gasteiger partial charge in [0.25, 0.3) is 5.91 Å². The molecular weight excluding hydrogens is 533 g/mol. The van der Waals surface area contributed by atoms with E-state index in [0.717, 1.165) is 12.3 Å². The maximum absolute atomic E-state index is 14.3. The van der Waals surface area contributed by atoms with Crippen molar-refractivity contribution in [2.45, 2.75) is 38.1 Å². The topological polar surface area (TPSA) is 132 Å². The molecule has 0 unspecified atom stereocenters. The molecule has 1 N–H and O–H groups in total. The number of methoxy groups -OCH3 is 1. The normalized spacial score (nSPS) is 18.2. The van der Waals surface area contributed by atoms with Crippen molar-refractivity contribution in [1.29, 1.82) is 5.26 Å². The molecular formula is C26H23F3N6O5. The number of rotatable bonds is 8. The number of hydrogen-bond donors (Lipinski definition) is 1. The molecule has 0 bridgehead atoms. The van der Waals surface area contributed by atoms with E-state index in [0.29, 0.717) is 24.1 Å². The Hall–Kier alpha value is -4.80. The van der Waals surface area contributed by atoms with Crippen LogP contribution in [0.4, 0.5) is 18.0 Å². The fourth-order valence-electron chi connectivity index (χ4n) is 4.64. The smallest absolute Gasteiger partial charge is 0.410 e. The number of cyclic esters (lactones) is 1. The number of nitrogens with one attached hydrogen (secondary N) is 1. The van der Waals surface area contributed by atoms with Gasteiger partial charge < -0.3 is 24.4 Å². The Morgan fingerprint density at radius 3 is 2.88 bits per heavy atom. The van der Waals surface area contributed by atoms with Gasteiger partial charge in [-0.3, -0.25) is 4.79 Å². The van der Waals surface area contributed by atoms with E-state index < -0.39 is 24.4 Å². The maximum Gasteiger partial charge on any atom is 0.410 e. The number of nitriles is 1. The third-order valence-corrected chi connectivity index (χ3v) is 6.68. The minimum atomic E-state index is -2.88. The summed E-state index contributed by atoms with van der Waals surface area (Å²) in [7, 11) is 1.29. The number of benzene rings is 1. The van der Waals surface area contributed by atoms with Crippen molar-refractivity contribution >= 4 is 12.0 Å². The zero-order valence-electron chi connectivity index (χ0n) is 21.1. The van der Waals surface area contributed by atoms with Crippen LogP contribution in [-0.4, -0.2) is 64.1 Å². The Morgan fingerprint density at radius 1 is 1.35 bits per heavy atom. The maximum atomic E-state index is 14.3. The highest BCUT2D eigenvalue weighted by atomic mass is 19.3. The number of hydrogen-bond acceptors (Lipinski definition) is 8. The lowest BCUT2D eigenvalue weighted by atomic mass is 10.0. The van der Waals surface area contributed by atoms with Crippen LogP contribution >= 0.6 is 0 Å². The van der Waals surface area contributed by atoms with Crippen molar-refractivity contribution in [1.82, 2.24) is 25.0 Å². The summed E-state index contributed by atoms with van der Waals surface area (Å²) in [6.45, 7) is -2.43. The number of piperidine rings is 1. The van der Waals surface area contributed by atoms with E-state index >= 15 is 0 Å². The molecule has 2 amide bonds. The lowest BCUT2D eigenvalue weighted by Crippen LogP contribution is -2.44. The van der Waals surface area contributed by atoms with E-state index in [-0.39, 0.29) is 64.9 Å². The highest BCUT2D eigenvalue weighted by molar-refractivity contribution is 5.97. The van der Waals surface area contributed by atoms with E-state index in [1.807, 2.05) is 6.07 Å². The quantitative estimate of drug-likeness (QED) is 0.445. The van der Waals surface area contributed by atoms with E-state index in [9.17, 15) is 22.8 Å². The lowest BCUT2D eigenvalue weighted by Gasteiger charge is -2.32. The molecule has 208 valence electrons. The van der Waals surface area contributed by atoms with Crippen LogP contribution in [-0.2, 0) is 11.3 Å². The lowest BCUT2D eigenvalue weighted by molar-refractivity contribution is 0.0566. The van der Waals surface area contributed by atoms with Gasteiger partial charge in [-0.15, -0.1) is 0 Å². The number of aromatic nitrogens is 3. The van der Waals surface area contributed by atoms with Gasteiger partial charge in [0.1, 0.15) is 35.5 Å². The number of fused-ring (bicyclic) bond motifs is 1. The summed E-state index contributed by atoms with van der Waals surface area (Å²) >= 11 is 0. The molecule has 0 radical (unpaired) electrons. The molecule has 1 aromatic carbocycles. The number of nitrogens with zero attached hydrogens (tertiary/aromatic N) is 5. The molecule has 2 aliphatic heterocycles. The molecule has 5 rings (SSSR count). The average molecular weight is 557 g/mol. The van der Waals surface area contributed by atoms with Crippen molar-refractivity contribution in [2.75, 3.05) is 20.3 Å². The minimum absolute atomic E-state index is 0.0339. The monoisotopic (exact) mass is 556 g/mol. The van der Waals surface area contributed by atoms with Crippen LogP contribution in [0, 0.1) is 17.1 Å². The summed E-state index contributed by atoms with van der Waals surface area (Å²) in [5.74, 6) is -1.31. The average Bonchev–Trinajstić information content (AvgIpc) is 3.59. The SMILES string of the molecule is COc1nc(-c2cnn(C(F)F)c2)c(O[C@H]2CCN3C(=O)OC[C@@H]3C2)cc1C(=O)NCc1ccc(C#N)cc1F. The number of alkyl halides is 2. The summed E-state index contributed by atoms with van der Waals surface area (Å²) < 4.78 is 57.9. The summed E-state index contributed by atoms with van der Waals surface area (Å²) in [4.78, 5) is 31.0. The number of carbonyl (C=O) groups excluding carboxylic acids is 2. The van der Waals surface area contributed by atoms with Crippen molar-refractivity contribution in [2.24, 2.45) is 0 Å². The number of halogens is 3. The van der Waals surface area contributed by atoms with Crippen LogP contribution in [0.5, 0.6) is 11.6 Å². The Kier molecular flexibility index (Phi) is 7.45. The van der Waals surface area contributed by atoms with Crippen molar-refractivity contribution < 1.29 is 37.0 Å². The summed E-state index contributed by atoms with van der Waals surface area (Å²) in [6.07, 6.45) is 2.43. The minimum Gasteiger partial charge on any atom is -0.488 e. The summed E-state index contributed by atoms with van der Waals surface area (Å²) in [5, 5.41) is 15.2. The fraction of sp³-hybridized carbons (Fsp3) is 0.346. The van der Waals surface area contributed by atoms with Crippen LogP contribution in [0.3, 0.4) is 0 Å². The van der Waals surface area contributed by atoms with E-state index in [4.69, 9.17) is 19.5 Å². The van der Waals surface area contributed by atoms with Crippen LogP contribution in [0.25, 0.3) is 11.3 Å². The molecule has 0 aliphatic carbocycles. The van der Waals surface area contributed by atoms with E-state index in [1.165, 1.54) is 31.5 Å². The second kappa shape index (κ2) is 11.1. The fourth-order valence-corrected chi connectivity index (χ4v) is 4.64. The van der Waals surface area contributed by atoms with Gasteiger partial charge in [-0.2, -0.15) is 19.1 Å².